The first-order valence-corrected chi connectivity index (χ1v) is 5.63. The monoisotopic (exact) mass is 237 g/mol. The van der Waals surface area contributed by atoms with Crippen LogP contribution < -0.4 is 5.73 Å². The fraction of sp³-hybridized carbons (Fsp3) is 0. The molecule has 0 saturated carbocycles. The van der Waals surface area contributed by atoms with Crippen molar-refractivity contribution in [2.45, 2.75) is 0 Å². The summed E-state index contributed by atoms with van der Waals surface area (Å²) in [6, 6.07) is 14.9. The van der Waals surface area contributed by atoms with Crippen molar-refractivity contribution in [3.8, 4) is 11.1 Å². The maximum absolute atomic E-state index is 12.8. The summed E-state index contributed by atoms with van der Waals surface area (Å²) in [5.41, 5.74) is 8.40. The van der Waals surface area contributed by atoms with Crippen molar-refractivity contribution in [1.29, 1.82) is 0 Å². The summed E-state index contributed by atoms with van der Waals surface area (Å²) in [6.45, 7) is 0. The van der Waals surface area contributed by atoms with Crippen LogP contribution in [0.5, 0.6) is 0 Å². The van der Waals surface area contributed by atoms with Crippen LogP contribution in [0.15, 0.2) is 54.7 Å². The molecule has 0 saturated heterocycles. The van der Waals surface area contributed by atoms with E-state index in [1.54, 1.807) is 6.07 Å². The van der Waals surface area contributed by atoms with Crippen LogP contribution in [0.2, 0.25) is 0 Å². The molecule has 3 rings (SSSR count). The number of halogens is 1. The van der Waals surface area contributed by atoms with E-state index >= 15 is 0 Å². The Labute approximate surface area is 104 Å². The van der Waals surface area contributed by atoms with Gasteiger partial charge in [-0.2, -0.15) is 4.39 Å². The number of benzene rings is 2. The topological polar surface area (TPSA) is 38.9 Å². The van der Waals surface area contributed by atoms with E-state index in [9.17, 15) is 4.39 Å². The zero-order chi connectivity index (χ0) is 12.5. The van der Waals surface area contributed by atoms with Gasteiger partial charge in [0, 0.05) is 17.4 Å². The molecule has 3 heteroatoms. The van der Waals surface area contributed by atoms with Crippen LogP contribution in [0.4, 0.5) is 10.1 Å². The summed E-state index contributed by atoms with van der Waals surface area (Å²) in [6.07, 6.45) is 1.54. The number of nitrogens with zero attached hydrogens (tertiary/aromatic N) is 1. The molecule has 0 amide bonds. The molecule has 2 aromatic carbocycles. The molecular formula is C15H11FN2. The van der Waals surface area contributed by atoms with Crippen molar-refractivity contribution in [2.75, 3.05) is 5.73 Å². The first-order valence-electron chi connectivity index (χ1n) is 5.63. The normalized spacial score (nSPS) is 10.7. The molecule has 18 heavy (non-hydrogen) atoms. The lowest BCUT2D eigenvalue weighted by Crippen LogP contribution is -1.86. The van der Waals surface area contributed by atoms with E-state index in [2.05, 4.69) is 4.98 Å². The van der Waals surface area contributed by atoms with Crippen LogP contribution in [-0.4, -0.2) is 4.98 Å². The lowest BCUT2D eigenvalue weighted by molar-refractivity contribution is 0.584. The van der Waals surface area contributed by atoms with E-state index in [-0.39, 0.29) is 0 Å². The van der Waals surface area contributed by atoms with Crippen molar-refractivity contribution in [3.63, 3.8) is 0 Å². The Hall–Kier alpha value is -2.42. The molecule has 0 spiro atoms. The minimum atomic E-state index is -0.465. The molecule has 0 bridgehead atoms. The highest BCUT2D eigenvalue weighted by molar-refractivity contribution is 5.89. The molecule has 1 aromatic heterocycles. The molecule has 0 aliphatic rings. The van der Waals surface area contributed by atoms with E-state index in [1.807, 2.05) is 36.4 Å². The van der Waals surface area contributed by atoms with Crippen molar-refractivity contribution in [3.05, 3.63) is 60.7 Å². The summed E-state index contributed by atoms with van der Waals surface area (Å²) in [7, 11) is 0. The molecular weight excluding hydrogens is 226 g/mol. The van der Waals surface area contributed by atoms with Gasteiger partial charge in [-0.3, -0.25) is 0 Å². The first-order chi connectivity index (χ1) is 8.72. The second-order valence-corrected chi connectivity index (χ2v) is 4.19. The Balaban J connectivity index is 2.13. The molecule has 0 unspecified atom stereocenters. The molecule has 0 radical (unpaired) electrons. The highest BCUT2D eigenvalue weighted by Gasteiger charge is 2.01. The van der Waals surface area contributed by atoms with Crippen molar-refractivity contribution in [1.82, 2.24) is 4.98 Å². The van der Waals surface area contributed by atoms with Crippen LogP contribution in [0.25, 0.3) is 21.9 Å². The van der Waals surface area contributed by atoms with Crippen LogP contribution in [0.1, 0.15) is 0 Å². The number of nitrogen functional groups attached to an aromatic ring is 1. The number of hydrogen-bond acceptors (Lipinski definition) is 2. The minimum Gasteiger partial charge on any atom is -0.399 e. The summed E-state index contributed by atoms with van der Waals surface area (Å²) in [5.74, 6) is -0.465. The second-order valence-electron chi connectivity index (χ2n) is 4.19. The maximum Gasteiger partial charge on any atom is 0.212 e. The number of anilines is 1. The standard InChI is InChI=1S/C15H11FN2/c16-15-6-4-13(9-18-15)11-1-2-12-8-14(17)5-3-10(12)7-11/h1-9H,17H2/i16-1. The highest BCUT2D eigenvalue weighted by Crippen LogP contribution is 2.25. The van der Waals surface area contributed by atoms with Gasteiger partial charge in [-0.25, -0.2) is 4.98 Å². The van der Waals surface area contributed by atoms with Crippen molar-refractivity contribution in [2.24, 2.45) is 0 Å². The van der Waals surface area contributed by atoms with Gasteiger partial charge in [0.2, 0.25) is 5.95 Å². The molecule has 2 nitrogen and oxygen atoms in total. The Morgan fingerprint density at radius 3 is 2.33 bits per heavy atom. The number of nitrogens with two attached hydrogens (primary N) is 1. The third-order valence-corrected chi connectivity index (χ3v) is 2.93. The van der Waals surface area contributed by atoms with Crippen molar-refractivity contribution >= 4 is 16.5 Å². The van der Waals surface area contributed by atoms with Gasteiger partial charge in [0.1, 0.15) is 0 Å². The Morgan fingerprint density at radius 2 is 1.56 bits per heavy atom. The van der Waals surface area contributed by atoms with Gasteiger partial charge in [0.05, 0.1) is 0 Å². The van der Waals surface area contributed by atoms with Crippen LogP contribution in [-0.2, 0) is 0 Å². The highest BCUT2D eigenvalue weighted by atomic mass is 18.2. The van der Waals surface area contributed by atoms with Crippen LogP contribution in [0, 0.1) is 5.95 Å². The molecule has 0 aliphatic carbocycles. The van der Waals surface area contributed by atoms with Gasteiger partial charge in [0.25, 0.3) is 0 Å². The third kappa shape index (κ3) is 1.91. The third-order valence-electron chi connectivity index (χ3n) is 2.93. The fourth-order valence-corrected chi connectivity index (χ4v) is 1.99. The summed E-state index contributed by atoms with van der Waals surface area (Å²) >= 11 is 0. The van der Waals surface area contributed by atoms with Gasteiger partial charge >= 0.3 is 0 Å². The maximum atomic E-state index is 12.8. The van der Waals surface area contributed by atoms with E-state index in [0.29, 0.717) is 0 Å². The fourth-order valence-electron chi connectivity index (χ4n) is 1.99. The SMILES string of the molecule is Nc1ccc2cc(-c3ccc([18F])nc3)ccc2c1. The van der Waals surface area contributed by atoms with Gasteiger partial charge < -0.3 is 5.73 Å². The van der Waals surface area contributed by atoms with Gasteiger partial charge in [0.15, 0.2) is 0 Å². The average molecular weight is 237 g/mol. The second kappa shape index (κ2) is 4.11. The molecule has 88 valence electrons. The lowest BCUT2D eigenvalue weighted by atomic mass is 10.0. The molecule has 0 atom stereocenters. The summed E-state index contributed by atoms with van der Waals surface area (Å²) in [4.78, 5) is 3.66. The molecule has 0 fully saturated rings. The largest absolute Gasteiger partial charge is 0.399 e. The van der Waals surface area contributed by atoms with E-state index in [1.165, 1.54) is 12.3 Å². The quantitative estimate of drug-likeness (QED) is 0.518. The summed E-state index contributed by atoms with van der Waals surface area (Å²) in [5, 5.41) is 2.19. The number of fused-ring (bicyclic) bond motifs is 1. The van der Waals surface area contributed by atoms with Gasteiger partial charge in [-0.1, -0.05) is 18.2 Å². The first kappa shape index (κ1) is 10.7. The lowest BCUT2D eigenvalue weighted by Gasteiger charge is -2.04. The Kier molecular flexibility index (Phi) is 2.45. The number of pyridine rings is 1. The number of aromatic nitrogens is 1. The Bertz CT molecular complexity index is 705. The minimum absolute atomic E-state index is 0.465. The zero-order valence-electron chi connectivity index (χ0n) is 9.60. The average Bonchev–Trinajstić information content (AvgIpc) is 2.39. The van der Waals surface area contributed by atoms with Crippen LogP contribution >= 0.6 is 0 Å². The Morgan fingerprint density at radius 1 is 0.833 bits per heavy atom. The van der Waals surface area contributed by atoms with E-state index < -0.39 is 5.95 Å². The van der Waals surface area contributed by atoms with Gasteiger partial charge in [-0.05, 0) is 46.7 Å². The van der Waals surface area contributed by atoms with E-state index in [4.69, 9.17) is 5.73 Å². The number of hydrogen-bond donors (Lipinski definition) is 1. The van der Waals surface area contributed by atoms with Crippen LogP contribution in [0.3, 0.4) is 0 Å². The van der Waals surface area contributed by atoms with Gasteiger partial charge in [-0.15, -0.1) is 0 Å². The van der Waals surface area contributed by atoms with Crippen molar-refractivity contribution < 1.29 is 4.39 Å². The summed E-state index contributed by atoms with van der Waals surface area (Å²) < 4.78 is 12.8. The predicted octanol–water partition coefficient (Wildman–Crippen LogP) is 3.62. The smallest absolute Gasteiger partial charge is 0.212 e. The molecule has 2 N–H and O–H groups in total. The molecule has 3 aromatic rings. The molecule has 1 heterocycles. The zero-order valence-corrected chi connectivity index (χ0v) is 9.60. The number of rotatable bonds is 1. The predicted molar refractivity (Wildman–Crippen MR) is 71.5 cm³/mol. The molecule has 0 aliphatic heterocycles. The van der Waals surface area contributed by atoms with E-state index in [0.717, 1.165) is 27.6 Å².